The molecule has 7 nitrogen and oxygen atoms in total. The fourth-order valence-corrected chi connectivity index (χ4v) is 6.09. The summed E-state index contributed by atoms with van der Waals surface area (Å²) in [5.41, 5.74) is -0.601. The number of benzene rings is 1. The SMILES string of the molecule is CN1CCC23C[C@]4(CC[C@@]2(O)[C@H]1Cc1ccc(O)cc13)NC(=O)NC4=O. The molecule has 3 fully saturated rings. The third kappa shape index (κ3) is 1.75. The van der Waals surface area contributed by atoms with Crippen LogP contribution in [-0.2, 0) is 16.6 Å². The van der Waals surface area contributed by atoms with E-state index in [-0.39, 0.29) is 17.7 Å². The van der Waals surface area contributed by atoms with Crippen molar-refractivity contribution < 1.29 is 19.8 Å². The Kier molecular flexibility index (Phi) is 2.96. The maximum Gasteiger partial charge on any atom is 0.322 e. The monoisotopic (exact) mass is 357 g/mol. The molecular weight excluding hydrogens is 334 g/mol. The molecule has 138 valence electrons. The molecule has 2 aliphatic carbocycles. The topological polar surface area (TPSA) is 102 Å². The second kappa shape index (κ2) is 4.78. The van der Waals surface area contributed by atoms with Crippen molar-refractivity contribution in [2.75, 3.05) is 13.6 Å². The molecule has 0 aromatic heterocycles. The third-order valence-electron chi connectivity index (χ3n) is 7.38. The molecule has 2 saturated heterocycles. The summed E-state index contributed by atoms with van der Waals surface area (Å²) in [6, 6.07) is 4.85. The van der Waals surface area contributed by atoms with Crippen LogP contribution in [0.2, 0.25) is 0 Å². The number of amides is 3. The molecule has 2 aliphatic heterocycles. The van der Waals surface area contributed by atoms with E-state index in [4.69, 9.17) is 0 Å². The number of fused-ring (bicyclic) bond motifs is 1. The second-order valence-corrected chi connectivity index (χ2v) is 8.47. The number of urea groups is 1. The Hall–Kier alpha value is -2.12. The van der Waals surface area contributed by atoms with Crippen LogP contribution in [0.4, 0.5) is 4.79 Å². The zero-order chi connectivity index (χ0) is 18.3. The Morgan fingerprint density at radius 3 is 2.77 bits per heavy atom. The molecule has 4 atom stereocenters. The molecule has 1 aromatic carbocycles. The predicted molar refractivity (Wildman–Crippen MR) is 92.7 cm³/mol. The minimum atomic E-state index is -0.986. The minimum Gasteiger partial charge on any atom is -0.508 e. The number of rotatable bonds is 0. The van der Waals surface area contributed by atoms with Crippen molar-refractivity contribution in [2.45, 2.75) is 54.7 Å². The molecule has 2 heterocycles. The first kappa shape index (κ1) is 16.1. The Bertz CT molecular complexity index is 842. The van der Waals surface area contributed by atoms with Crippen molar-refractivity contribution in [1.82, 2.24) is 15.5 Å². The number of carbonyl (C=O) groups excluding carboxylic acids is 2. The van der Waals surface area contributed by atoms with Crippen LogP contribution in [0.25, 0.3) is 0 Å². The van der Waals surface area contributed by atoms with E-state index in [2.05, 4.69) is 15.5 Å². The number of imide groups is 1. The average molecular weight is 357 g/mol. The van der Waals surface area contributed by atoms with Gasteiger partial charge in [-0.3, -0.25) is 10.1 Å². The van der Waals surface area contributed by atoms with Crippen molar-refractivity contribution in [3.05, 3.63) is 29.3 Å². The van der Waals surface area contributed by atoms with Gasteiger partial charge in [0.1, 0.15) is 11.3 Å². The number of aromatic hydroxyl groups is 1. The molecule has 26 heavy (non-hydrogen) atoms. The van der Waals surface area contributed by atoms with Gasteiger partial charge in [-0.25, -0.2) is 4.79 Å². The first-order valence-electron chi connectivity index (χ1n) is 9.18. The summed E-state index contributed by atoms with van der Waals surface area (Å²) in [7, 11) is 2.03. The van der Waals surface area contributed by atoms with Gasteiger partial charge in [0.15, 0.2) is 0 Å². The Balaban J connectivity index is 1.72. The van der Waals surface area contributed by atoms with Crippen molar-refractivity contribution in [1.29, 1.82) is 0 Å². The summed E-state index contributed by atoms with van der Waals surface area (Å²) in [4.78, 5) is 26.6. The molecule has 4 N–H and O–H groups in total. The maximum atomic E-state index is 12.6. The number of phenols is 1. The van der Waals surface area contributed by atoms with Gasteiger partial charge in [0.05, 0.1) is 5.60 Å². The van der Waals surface area contributed by atoms with E-state index < -0.39 is 22.6 Å². The van der Waals surface area contributed by atoms with Crippen LogP contribution < -0.4 is 10.6 Å². The fraction of sp³-hybridized carbons (Fsp3) is 0.579. The second-order valence-electron chi connectivity index (χ2n) is 8.47. The lowest BCUT2D eigenvalue weighted by molar-refractivity contribution is -0.175. The number of hydrogen-bond acceptors (Lipinski definition) is 5. The van der Waals surface area contributed by atoms with E-state index in [0.717, 1.165) is 24.1 Å². The van der Waals surface area contributed by atoms with E-state index in [1.165, 1.54) is 0 Å². The molecule has 1 aromatic rings. The standard InChI is InChI=1S/C19H23N3O4/c1-22-7-6-17-10-18(15(24)20-16(25)21-18)4-5-19(17,26)14(22)8-11-2-3-12(23)9-13(11)17/h2-3,9,14,23,26H,4-8,10H2,1H3,(H2,20,21,24,25)/t14-,17?,18+,19-/m1/s1. The van der Waals surface area contributed by atoms with E-state index in [9.17, 15) is 19.8 Å². The zero-order valence-corrected chi connectivity index (χ0v) is 14.7. The van der Waals surface area contributed by atoms with Crippen LogP contribution in [0, 0.1) is 0 Å². The van der Waals surface area contributed by atoms with Crippen LogP contribution in [0.1, 0.15) is 36.8 Å². The third-order valence-corrected chi connectivity index (χ3v) is 7.38. The quantitative estimate of drug-likeness (QED) is 0.503. The number of nitrogens with zero attached hydrogens (tertiary/aromatic N) is 1. The normalized spacial score (nSPS) is 41.4. The summed E-state index contributed by atoms with van der Waals surface area (Å²) in [5, 5.41) is 27.2. The predicted octanol–water partition coefficient (Wildman–Crippen LogP) is 0.383. The first-order valence-corrected chi connectivity index (χ1v) is 9.18. The molecule has 3 amide bonds. The Morgan fingerprint density at radius 1 is 1.23 bits per heavy atom. The largest absolute Gasteiger partial charge is 0.508 e. The molecule has 2 bridgehead atoms. The zero-order valence-electron chi connectivity index (χ0n) is 14.7. The van der Waals surface area contributed by atoms with Gasteiger partial charge in [0.25, 0.3) is 5.91 Å². The molecule has 5 rings (SSSR count). The highest BCUT2D eigenvalue weighted by Crippen LogP contribution is 2.60. The number of piperidine rings is 1. The van der Waals surface area contributed by atoms with Gasteiger partial charge >= 0.3 is 6.03 Å². The van der Waals surface area contributed by atoms with Crippen molar-refractivity contribution in [3.63, 3.8) is 0 Å². The first-order chi connectivity index (χ1) is 12.3. The molecule has 0 radical (unpaired) electrons. The fourth-order valence-electron chi connectivity index (χ4n) is 6.09. The summed E-state index contributed by atoms with van der Waals surface area (Å²) in [5.74, 6) is -0.140. The number of nitrogens with one attached hydrogen (secondary N) is 2. The Labute approximate surface area is 151 Å². The smallest absolute Gasteiger partial charge is 0.322 e. The van der Waals surface area contributed by atoms with Gasteiger partial charge in [0, 0.05) is 11.5 Å². The molecule has 1 spiro atoms. The van der Waals surface area contributed by atoms with E-state index in [1.54, 1.807) is 12.1 Å². The van der Waals surface area contributed by atoms with Crippen molar-refractivity contribution >= 4 is 11.9 Å². The van der Waals surface area contributed by atoms with Gasteiger partial charge in [-0.15, -0.1) is 0 Å². The number of phenolic OH excluding ortho intramolecular Hbond substituents is 1. The summed E-state index contributed by atoms with van der Waals surface area (Å²) >= 11 is 0. The van der Waals surface area contributed by atoms with Gasteiger partial charge < -0.3 is 20.4 Å². The lowest BCUT2D eigenvalue weighted by atomic mass is 9.46. The van der Waals surface area contributed by atoms with E-state index >= 15 is 0 Å². The lowest BCUT2D eigenvalue weighted by Crippen LogP contribution is -2.75. The number of hydrogen-bond donors (Lipinski definition) is 4. The van der Waals surface area contributed by atoms with Crippen LogP contribution >= 0.6 is 0 Å². The summed E-state index contributed by atoms with van der Waals surface area (Å²) in [6.45, 7) is 0.799. The van der Waals surface area contributed by atoms with E-state index in [0.29, 0.717) is 25.7 Å². The van der Waals surface area contributed by atoms with Crippen molar-refractivity contribution in [2.24, 2.45) is 0 Å². The summed E-state index contributed by atoms with van der Waals surface area (Å²) in [6.07, 6.45) is 2.61. The molecule has 1 unspecified atom stereocenters. The van der Waals surface area contributed by atoms with Crippen LogP contribution in [0.15, 0.2) is 18.2 Å². The molecule has 7 heteroatoms. The highest BCUT2D eigenvalue weighted by molar-refractivity contribution is 6.07. The van der Waals surface area contributed by atoms with Crippen LogP contribution in [0.5, 0.6) is 5.75 Å². The number of likely N-dealkylation sites (N-methyl/N-ethyl adjacent to an activating group) is 1. The van der Waals surface area contributed by atoms with Gasteiger partial charge in [0.2, 0.25) is 0 Å². The van der Waals surface area contributed by atoms with Crippen molar-refractivity contribution in [3.8, 4) is 5.75 Å². The lowest BCUT2D eigenvalue weighted by Gasteiger charge is -2.65. The molecular formula is C19H23N3O4. The summed E-state index contributed by atoms with van der Waals surface area (Å²) < 4.78 is 0. The van der Waals surface area contributed by atoms with Crippen LogP contribution in [0.3, 0.4) is 0 Å². The highest BCUT2D eigenvalue weighted by atomic mass is 16.3. The number of aliphatic hydroxyl groups is 1. The highest BCUT2D eigenvalue weighted by Gasteiger charge is 2.69. The van der Waals surface area contributed by atoms with Crippen LogP contribution in [-0.4, -0.2) is 57.8 Å². The average Bonchev–Trinajstić information content (AvgIpc) is 2.86. The van der Waals surface area contributed by atoms with E-state index in [1.807, 2.05) is 13.1 Å². The molecule has 4 aliphatic rings. The number of carbonyl (C=O) groups is 2. The minimum absolute atomic E-state index is 0.0363. The molecule has 1 saturated carbocycles. The Morgan fingerprint density at radius 2 is 2.04 bits per heavy atom. The maximum absolute atomic E-state index is 12.6. The van der Waals surface area contributed by atoms with Gasteiger partial charge in [-0.1, -0.05) is 6.07 Å². The number of likely N-dealkylation sites (tertiary alicyclic amines) is 1. The van der Waals surface area contributed by atoms with Gasteiger partial charge in [-0.2, -0.15) is 0 Å². The van der Waals surface area contributed by atoms with Gasteiger partial charge in [-0.05, 0) is 69.0 Å².